The maximum absolute atomic E-state index is 12.2. The van der Waals surface area contributed by atoms with E-state index in [0.717, 1.165) is 31.5 Å². The predicted octanol–water partition coefficient (Wildman–Crippen LogP) is 3.07. The lowest BCUT2D eigenvalue weighted by Crippen LogP contribution is -2.41. The molecule has 1 aliphatic heterocycles. The third-order valence-electron chi connectivity index (χ3n) is 4.35. The number of rotatable bonds is 4. The molecule has 1 atom stereocenters. The molecule has 25 heavy (non-hydrogen) atoms. The number of carbonyl (C=O) groups is 2. The van der Waals surface area contributed by atoms with Crippen LogP contribution in [0.2, 0.25) is 0 Å². The summed E-state index contributed by atoms with van der Waals surface area (Å²) in [6.07, 6.45) is 2.12. The van der Waals surface area contributed by atoms with Crippen LogP contribution in [0.25, 0.3) is 11.5 Å². The lowest BCUT2D eigenvalue weighted by molar-refractivity contribution is -0.136. The fraction of sp³-hybridized carbons (Fsp3) is 0.421. The molecule has 1 aromatic heterocycles. The van der Waals surface area contributed by atoms with Crippen LogP contribution in [0.3, 0.4) is 0 Å². The lowest BCUT2D eigenvalue weighted by atomic mass is 10.0. The Kier molecular flexibility index (Phi) is 5.16. The van der Waals surface area contributed by atoms with Crippen molar-refractivity contribution in [1.82, 2.24) is 9.88 Å². The first kappa shape index (κ1) is 17.2. The third-order valence-corrected chi connectivity index (χ3v) is 4.35. The van der Waals surface area contributed by atoms with Gasteiger partial charge >= 0.3 is 5.97 Å². The second kappa shape index (κ2) is 7.51. The zero-order chi connectivity index (χ0) is 17.8. The maximum atomic E-state index is 12.2. The van der Waals surface area contributed by atoms with Crippen molar-refractivity contribution in [1.29, 1.82) is 0 Å². The van der Waals surface area contributed by atoms with E-state index < -0.39 is 5.97 Å². The fourth-order valence-electron chi connectivity index (χ4n) is 2.99. The Morgan fingerprint density at radius 1 is 1.32 bits per heavy atom. The summed E-state index contributed by atoms with van der Waals surface area (Å²) in [6, 6.07) is 9.32. The highest BCUT2D eigenvalue weighted by Crippen LogP contribution is 2.22. The van der Waals surface area contributed by atoms with Crippen LogP contribution in [0.1, 0.15) is 36.0 Å². The molecule has 1 amide bonds. The van der Waals surface area contributed by atoms with E-state index in [0.29, 0.717) is 17.6 Å². The van der Waals surface area contributed by atoms with Crippen molar-refractivity contribution in [3.05, 3.63) is 41.8 Å². The summed E-state index contributed by atoms with van der Waals surface area (Å²) in [4.78, 5) is 30.4. The molecule has 1 aliphatic rings. The average molecular weight is 342 g/mol. The SMILES string of the molecule is Cc1oc(-c2ccccc2)nc1C(=O)OCC(=O)N1CCC[C@H](C)C1. The molecule has 0 spiro atoms. The number of aromatic nitrogens is 1. The Morgan fingerprint density at radius 3 is 2.80 bits per heavy atom. The minimum absolute atomic E-state index is 0.110. The van der Waals surface area contributed by atoms with E-state index in [1.807, 2.05) is 30.3 Å². The van der Waals surface area contributed by atoms with Crippen molar-refractivity contribution in [2.75, 3.05) is 19.7 Å². The van der Waals surface area contributed by atoms with E-state index in [-0.39, 0.29) is 18.2 Å². The van der Waals surface area contributed by atoms with Gasteiger partial charge in [-0.1, -0.05) is 25.1 Å². The molecule has 0 aliphatic carbocycles. The van der Waals surface area contributed by atoms with Crippen LogP contribution in [0.15, 0.2) is 34.7 Å². The van der Waals surface area contributed by atoms with Crippen LogP contribution in [0.5, 0.6) is 0 Å². The quantitative estimate of drug-likeness (QED) is 0.799. The van der Waals surface area contributed by atoms with Crippen molar-refractivity contribution in [3.63, 3.8) is 0 Å². The van der Waals surface area contributed by atoms with Gasteiger partial charge in [-0.3, -0.25) is 4.79 Å². The summed E-state index contributed by atoms with van der Waals surface area (Å²) < 4.78 is 10.7. The molecule has 132 valence electrons. The van der Waals surface area contributed by atoms with Gasteiger partial charge in [-0.2, -0.15) is 0 Å². The van der Waals surface area contributed by atoms with Crippen molar-refractivity contribution in [2.45, 2.75) is 26.7 Å². The summed E-state index contributed by atoms with van der Waals surface area (Å²) in [5.74, 6) is 0.426. The number of nitrogens with zero attached hydrogens (tertiary/aromatic N) is 2. The third kappa shape index (κ3) is 4.07. The smallest absolute Gasteiger partial charge is 0.361 e. The summed E-state index contributed by atoms with van der Waals surface area (Å²) >= 11 is 0. The van der Waals surface area contributed by atoms with Crippen LogP contribution in [-0.2, 0) is 9.53 Å². The molecular formula is C19H22N2O4. The van der Waals surface area contributed by atoms with Gasteiger partial charge in [-0.05, 0) is 37.8 Å². The maximum Gasteiger partial charge on any atom is 0.361 e. The summed E-state index contributed by atoms with van der Waals surface area (Å²) in [5.41, 5.74) is 0.890. The fourth-order valence-corrected chi connectivity index (χ4v) is 2.99. The Bertz CT molecular complexity index is 754. The first-order valence-corrected chi connectivity index (χ1v) is 8.52. The molecule has 0 unspecified atom stereocenters. The first-order chi connectivity index (χ1) is 12.0. The summed E-state index contributed by atoms with van der Waals surface area (Å²) in [7, 11) is 0. The normalized spacial score (nSPS) is 17.4. The number of oxazole rings is 1. The second-order valence-electron chi connectivity index (χ2n) is 6.45. The van der Waals surface area contributed by atoms with Gasteiger partial charge in [0.1, 0.15) is 5.76 Å². The van der Waals surface area contributed by atoms with Crippen LogP contribution in [0.4, 0.5) is 0 Å². The Labute approximate surface area is 146 Å². The molecule has 6 nitrogen and oxygen atoms in total. The molecule has 2 aromatic rings. The Balaban J connectivity index is 1.62. The molecule has 1 aromatic carbocycles. The molecule has 1 fully saturated rings. The average Bonchev–Trinajstić information content (AvgIpc) is 3.02. The molecule has 2 heterocycles. The Morgan fingerprint density at radius 2 is 2.08 bits per heavy atom. The summed E-state index contributed by atoms with van der Waals surface area (Å²) in [6.45, 7) is 4.96. The van der Waals surface area contributed by atoms with Gasteiger partial charge in [0.05, 0.1) is 0 Å². The zero-order valence-corrected chi connectivity index (χ0v) is 14.5. The molecular weight excluding hydrogens is 320 g/mol. The van der Waals surface area contributed by atoms with Gasteiger partial charge < -0.3 is 14.1 Å². The number of piperidine rings is 1. The van der Waals surface area contributed by atoms with Crippen molar-refractivity contribution < 1.29 is 18.7 Å². The molecule has 0 bridgehead atoms. The number of likely N-dealkylation sites (tertiary alicyclic amines) is 1. The molecule has 0 saturated carbocycles. The monoisotopic (exact) mass is 342 g/mol. The highest BCUT2D eigenvalue weighted by atomic mass is 16.5. The van der Waals surface area contributed by atoms with E-state index in [1.165, 1.54) is 0 Å². The molecule has 1 saturated heterocycles. The minimum atomic E-state index is -0.637. The van der Waals surface area contributed by atoms with E-state index in [9.17, 15) is 9.59 Å². The van der Waals surface area contributed by atoms with E-state index in [1.54, 1.807) is 11.8 Å². The predicted molar refractivity (Wildman–Crippen MR) is 91.9 cm³/mol. The number of benzene rings is 1. The van der Waals surface area contributed by atoms with Gasteiger partial charge in [0.2, 0.25) is 5.89 Å². The highest BCUT2D eigenvalue weighted by Gasteiger charge is 2.24. The van der Waals surface area contributed by atoms with Gasteiger partial charge in [0.25, 0.3) is 5.91 Å². The zero-order valence-electron chi connectivity index (χ0n) is 14.5. The molecule has 0 N–H and O–H groups in total. The van der Waals surface area contributed by atoms with Crippen LogP contribution >= 0.6 is 0 Å². The molecule has 0 radical (unpaired) electrons. The number of ether oxygens (including phenoxy) is 1. The largest absolute Gasteiger partial charge is 0.451 e. The number of esters is 1. The molecule has 3 rings (SSSR count). The number of hydrogen-bond acceptors (Lipinski definition) is 5. The lowest BCUT2D eigenvalue weighted by Gasteiger charge is -2.30. The van der Waals surface area contributed by atoms with Crippen LogP contribution < -0.4 is 0 Å². The van der Waals surface area contributed by atoms with Crippen molar-refractivity contribution >= 4 is 11.9 Å². The first-order valence-electron chi connectivity index (χ1n) is 8.52. The van der Waals surface area contributed by atoms with E-state index >= 15 is 0 Å². The van der Waals surface area contributed by atoms with Crippen molar-refractivity contribution in [2.24, 2.45) is 5.92 Å². The topological polar surface area (TPSA) is 72.6 Å². The second-order valence-corrected chi connectivity index (χ2v) is 6.45. The van der Waals surface area contributed by atoms with Gasteiger partial charge in [-0.25, -0.2) is 9.78 Å². The Hall–Kier alpha value is -2.63. The number of aryl methyl sites for hydroxylation is 1. The molecule has 6 heteroatoms. The minimum Gasteiger partial charge on any atom is -0.451 e. The van der Waals surface area contributed by atoms with Gasteiger partial charge in [0.15, 0.2) is 12.3 Å². The number of hydrogen-bond donors (Lipinski definition) is 0. The van der Waals surface area contributed by atoms with E-state index in [4.69, 9.17) is 9.15 Å². The highest BCUT2D eigenvalue weighted by molar-refractivity contribution is 5.91. The van der Waals surface area contributed by atoms with Crippen molar-refractivity contribution in [3.8, 4) is 11.5 Å². The van der Waals surface area contributed by atoms with Crippen LogP contribution in [-0.4, -0.2) is 41.5 Å². The number of amides is 1. The summed E-state index contributed by atoms with van der Waals surface area (Å²) in [5, 5.41) is 0. The standard InChI is InChI=1S/C19H22N2O4/c1-13-7-6-10-21(11-13)16(22)12-24-19(23)17-14(2)25-18(20-17)15-8-4-3-5-9-15/h3-5,8-9,13H,6-7,10-12H2,1-2H3/t13-/m0/s1. The number of carbonyl (C=O) groups excluding carboxylic acids is 2. The van der Waals surface area contributed by atoms with Gasteiger partial charge in [-0.15, -0.1) is 0 Å². The van der Waals surface area contributed by atoms with Crippen LogP contribution in [0, 0.1) is 12.8 Å². The van der Waals surface area contributed by atoms with Gasteiger partial charge in [0, 0.05) is 18.7 Å². The van der Waals surface area contributed by atoms with E-state index in [2.05, 4.69) is 11.9 Å².